The van der Waals surface area contributed by atoms with E-state index < -0.39 is 0 Å². The molecule has 1 saturated heterocycles. The second-order valence-electron chi connectivity index (χ2n) is 7.92. The van der Waals surface area contributed by atoms with E-state index in [1.54, 1.807) is 18.3 Å². The lowest BCUT2D eigenvalue weighted by atomic mass is 10.1. The summed E-state index contributed by atoms with van der Waals surface area (Å²) in [5.74, 6) is 0.111. The smallest absolute Gasteiger partial charge is 0.219 e. The highest BCUT2D eigenvalue weighted by atomic mass is 32.1. The van der Waals surface area contributed by atoms with E-state index in [9.17, 15) is 4.79 Å². The number of thiazole rings is 1. The first-order chi connectivity index (χ1) is 14.7. The minimum atomic E-state index is 0.111. The number of benzene rings is 2. The molecule has 0 saturated carbocycles. The van der Waals surface area contributed by atoms with Crippen molar-refractivity contribution in [2.45, 2.75) is 32.3 Å². The Hall–Kier alpha value is -2.70. The monoisotopic (exact) mass is 419 g/mol. The van der Waals surface area contributed by atoms with Crippen molar-refractivity contribution < 1.29 is 9.53 Å². The van der Waals surface area contributed by atoms with Crippen molar-refractivity contribution in [3.05, 3.63) is 59.7 Å². The maximum atomic E-state index is 12.1. The molecular weight excluding hydrogens is 394 g/mol. The van der Waals surface area contributed by atoms with Gasteiger partial charge in [-0.15, -0.1) is 11.3 Å². The molecule has 0 aliphatic carbocycles. The Bertz CT molecular complexity index is 1190. The average Bonchev–Trinajstić information content (AvgIpc) is 3.48. The van der Waals surface area contributed by atoms with Crippen LogP contribution in [0.4, 0.5) is 0 Å². The highest BCUT2D eigenvalue weighted by Gasteiger charge is 2.21. The van der Waals surface area contributed by atoms with Gasteiger partial charge in [0, 0.05) is 55.9 Å². The van der Waals surface area contributed by atoms with Gasteiger partial charge in [0.15, 0.2) is 4.96 Å². The van der Waals surface area contributed by atoms with Crippen LogP contribution in [0.15, 0.2) is 54.0 Å². The summed E-state index contributed by atoms with van der Waals surface area (Å²) in [7, 11) is 0. The first kappa shape index (κ1) is 19.3. The normalized spacial score (nSPS) is 16.5. The maximum absolute atomic E-state index is 12.1. The topological polar surface area (TPSA) is 46.8 Å². The molecule has 1 fully saturated rings. The van der Waals surface area contributed by atoms with Gasteiger partial charge in [0.25, 0.3) is 0 Å². The van der Waals surface area contributed by atoms with Crippen LogP contribution in [0, 0.1) is 0 Å². The highest BCUT2D eigenvalue weighted by Crippen LogP contribution is 2.27. The molecule has 5 rings (SSSR count). The summed E-state index contributed by atoms with van der Waals surface area (Å²) in [5.41, 5.74) is 3.30. The zero-order valence-corrected chi connectivity index (χ0v) is 17.9. The van der Waals surface area contributed by atoms with Crippen molar-refractivity contribution in [3.8, 4) is 11.3 Å². The molecule has 1 amide bonds. The fourth-order valence-electron chi connectivity index (χ4n) is 4.16. The van der Waals surface area contributed by atoms with Crippen LogP contribution in [0.1, 0.15) is 25.5 Å². The van der Waals surface area contributed by atoms with Gasteiger partial charge in [-0.2, -0.15) is 0 Å². The summed E-state index contributed by atoms with van der Waals surface area (Å²) in [6.45, 7) is 3.85. The number of aromatic nitrogens is 2. The van der Waals surface area contributed by atoms with Crippen LogP contribution in [0.5, 0.6) is 0 Å². The molecule has 0 N–H and O–H groups in total. The number of imidazole rings is 1. The fourth-order valence-corrected chi connectivity index (χ4v) is 5.07. The molecule has 3 heterocycles. The van der Waals surface area contributed by atoms with Gasteiger partial charge in [-0.3, -0.25) is 9.20 Å². The Morgan fingerprint density at radius 2 is 2.13 bits per heavy atom. The number of hydrogen-bond acceptors (Lipinski definition) is 4. The third kappa shape index (κ3) is 3.85. The molecule has 1 aliphatic heterocycles. The Kier molecular flexibility index (Phi) is 5.27. The molecule has 2 aromatic heterocycles. The van der Waals surface area contributed by atoms with E-state index in [2.05, 4.69) is 58.4 Å². The van der Waals surface area contributed by atoms with E-state index in [1.807, 2.05) is 4.90 Å². The zero-order chi connectivity index (χ0) is 20.5. The van der Waals surface area contributed by atoms with Crippen LogP contribution in [0.2, 0.25) is 0 Å². The molecule has 0 radical (unpaired) electrons. The number of carbonyl (C=O) groups is 1. The number of fused-ring (bicyclic) bond motifs is 2. The molecule has 4 aromatic rings. The van der Waals surface area contributed by atoms with E-state index in [4.69, 9.17) is 9.72 Å². The van der Waals surface area contributed by atoms with Crippen LogP contribution in [0.3, 0.4) is 0 Å². The van der Waals surface area contributed by atoms with Crippen molar-refractivity contribution in [1.29, 1.82) is 0 Å². The second-order valence-corrected chi connectivity index (χ2v) is 8.75. The standard InChI is InChI=1S/C24H25N3O2S/c1-17(28)26(14-22-7-4-12-29-22)11-10-21-16-30-24-25-23(15-27(21)24)20-9-8-18-5-2-3-6-19(18)13-20/h2-3,5-6,8-9,13,15-16,22H,4,7,10-12,14H2,1H3/t22-/m1/s1. The molecule has 30 heavy (non-hydrogen) atoms. The van der Waals surface area contributed by atoms with Gasteiger partial charge >= 0.3 is 0 Å². The van der Waals surface area contributed by atoms with Gasteiger partial charge in [0.2, 0.25) is 5.91 Å². The van der Waals surface area contributed by atoms with Crippen molar-refractivity contribution in [2.75, 3.05) is 19.7 Å². The second kappa shape index (κ2) is 8.20. The lowest BCUT2D eigenvalue weighted by Crippen LogP contribution is -2.37. The summed E-state index contributed by atoms with van der Waals surface area (Å²) >= 11 is 1.65. The van der Waals surface area contributed by atoms with Gasteiger partial charge in [0.1, 0.15) is 0 Å². The summed E-state index contributed by atoms with van der Waals surface area (Å²) in [6.07, 6.45) is 5.24. The number of carbonyl (C=O) groups excluding carboxylic acids is 1. The lowest BCUT2D eigenvalue weighted by molar-refractivity contribution is -0.130. The average molecular weight is 420 g/mol. The molecular formula is C24H25N3O2S. The minimum absolute atomic E-state index is 0.111. The van der Waals surface area contributed by atoms with Crippen molar-refractivity contribution in [2.24, 2.45) is 0 Å². The van der Waals surface area contributed by atoms with Crippen LogP contribution < -0.4 is 0 Å². The number of amides is 1. The molecule has 1 atom stereocenters. The van der Waals surface area contributed by atoms with Crippen molar-refractivity contribution >= 4 is 33.0 Å². The Morgan fingerprint density at radius 3 is 2.93 bits per heavy atom. The SMILES string of the molecule is CC(=O)N(CCc1csc2nc(-c3ccc4ccccc4c3)cn12)C[C@H]1CCCO1. The predicted molar refractivity (Wildman–Crippen MR) is 121 cm³/mol. The van der Waals surface area contributed by atoms with Gasteiger partial charge < -0.3 is 9.64 Å². The third-order valence-electron chi connectivity index (χ3n) is 5.86. The fraction of sp³-hybridized carbons (Fsp3) is 0.333. The van der Waals surface area contributed by atoms with Crippen molar-refractivity contribution in [3.63, 3.8) is 0 Å². The Labute approximate surface area is 179 Å². The van der Waals surface area contributed by atoms with E-state index in [1.165, 1.54) is 16.5 Å². The highest BCUT2D eigenvalue weighted by molar-refractivity contribution is 7.15. The summed E-state index contributed by atoms with van der Waals surface area (Å²) in [4.78, 5) is 19.8. The Morgan fingerprint density at radius 1 is 1.27 bits per heavy atom. The molecule has 0 bridgehead atoms. The van der Waals surface area contributed by atoms with Crippen molar-refractivity contribution in [1.82, 2.24) is 14.3 Å². The third-order valence-corrected chi connectivity index (χ3v) is 6.75. The summed E-state index contributed by atoms with van der Waals surface area (Å²) < 4.78 is 7.88. The molecule has 5 nitrogen and oxygen atoms in total. The molecule has 0 spiro atoms. The minimum Gasteiger partial charge on any atom is -0.376 e. The van der Waals surface area contributed by atoms with Gasteiger partial charge in [-0.05, 0) is 29.7 Å². The van der Waals surface area contributed by atoms with Crippen LogP contribution in [-0.4, -0.2) is 46.0 Å². The molecule has 154 valence electrons. The van der Waals surface area contributed by atoms with E-state index in [-0.39, 0.29) is 12.0 Å². The first-order valence-corrected chi connectivity index (χ1v) is 11.4. The molecule has 6 heteroatoms. The predicted octanol–water partition coefficient (Wildman–Crippen LogP) is 4.79. The number of ether oxygens (including phenoxy) is 1. The van der Waals surface area contributed by atoms with Crippen LogP contribution >= 0.6 is 11.3 Å². The zero-order valence-electron chi connectivity index (χ0n) is 17.1. The molecule has 0 unspecified atom stereocenters. The van der Waals surface area contributed by atoms with Gasteiger partial charge in [-0.25, -0.2) is 4.98 Å². The molecule has 1 aliphatic rings. The van der Waals surface area contributed by atoms with E-state index in [0.29, 0.717) is 13.1 Å². The number of hydrogen-bond donors (Lipinski definition) is 0. The first-order valence-electron chi connectivity index (χ1n) is 10.5. The number of nitrogens with zero attached hydrogens (tertiary/aromatic N) is 3. The van der Waals surface area contributed by atoms with Gasteiger partial charge in [0.05, 0.1) is 11.8 Å². The largest absolute Gasteiger partial charge is 0.376 e. The van der Waals surface area contributed by atoms with Gasteiger partial charge in [-0.1, -0.05) is 36.4 Å². The summed E-state index contributed by atoms with van der Waals surface area (Å²) in [6, 6.07) is 14.9. The lowest BCUT2D eigenvalue weighted by Gasteiger charge is -2.24. The van der Waals surface area contributed by atoms with E-state index >= 15 is 0 Å². The quantitative estimate of drug-likeness (QED) is 0.452. The summed E-state index contributed by atoms with van der Waals surface area (Å²) in [5, 5.41) is 4.60. The van der Waals surface area contributed by atoms with Crippen LogP contribution in [0.25, 0.3) is 27.0 Å². The van der Waals surface area contributed by atoms with E-state index in [0.717, 1.165) is 42.1 Å². The maximum Gasteiger partial charge on any atom is 0.219 e. The van der Waals surface area contributed by atoms with Crippen LogP contribution in [-0.2, 0) is 16.0 Å². The molecule has 2 aromatic carbocycles. The number of rotatable bonds is 6. The Balaban J connectivity index is 1.35.